The molecule has 0 N–H and O–H groups in total. The average Bonchev–Trinajstić information content (AvgIpc) is 2.38. The number of carbonyl (C=O) groups excluding carboxylic acids is 1. The van der Waals surface area contributed by atoms with E-state index in [1.54, 1.807) is 0 Å². The Morgan fingerprint density at radius 1 is 1.06 bits per heavy atom. The molecule has 92 valence electrons. The minimum Gasteiger partial charge on any atom is -0.478 e. The van der Waals surface area contributed by atoms with Gasteiger partial charge in [0.1, 0.15) is 5.75 Å². The molecule has 18 heavy (non-hydrogen) atoms. The van der Waals surface area contributed by atoms with E-state index in [1.165, 1.54) is 6.92 Å². The van der Waals surface area contributed by atoms with Crippen molar-refractivity contribution in [3.05, 3.63) is 64.6 Å². The minimum atomic E-state index is -0.549. The van der Waals surface area contributed by atoms with E-state index < -0.39 is 6.10 Å². The van der Waals surface area contributed by atoms with Gasteiger partial charge < -0.3 is 4.74 Å². The Hall–Kier alpha value is -1.61. The summed E-state index contributed by atoms with van der Waals surface area (Å²) in [5, 5.41) is 0. The minimum absolute atomic E-state index is 0.0101. The number of hydrogen-bond acceptors (Lipinski definition) is 2. The fraction of sp³-hybridized carbons (Fsp3) is 0.133. The summed E-state index contributed by atoms with van der Waals surface area (Å²) in [5.41, 5.74) is 0.868. The number of ether oxygens (including phenoxy) is 1. The molecule has 0 amide bonds. The second kappa shape index (κ2) is 5.83. The van der Waals surface area contributed by atoms with E-state index in [2.05, 4.69) is 15.9 Å². The number of halogens is 1. The normalized spacial score (nSPS) is 11.9. The molecular weight excluding hydrogens is 292 g/mol. The van der Waals surface area contributed by atoms with Crippen LogP contribution in [0.2, 0.25) is 0 Å². The summed E-state index contributed by atoms with van der Waals surface area (Å²) in [4.78, 5) is 11.7. The van der Waals surface area contributed by atoms with Gasteiger partial charge in [0.15, 0.2) is 11.9 Å². The van der Waals surface area contributed by atoms with Crippen molar-refractivity contribution in [1.29, 1.82) is 0 Å². The van der Waals surface area contributed by atoms with Crippen molar-refractivity contribution in [3.8, 4) is 5.75 Å². The third kappa shape index (κ3) is 3.20. The molecule has 2 nitrogen and oxygen atoms in total. The summed E-state index contributed by atoms with van der Waals surface area (Å²) >= 11 is 3.36. The molecule has 0 spiro atoms. The topological polar surface area (TPSA) is 26.3 Å². The van der Waals surface area contributed by atoms with Gasteiger partial charge in [0, 0.05) is 4.47 Å². The van der Waals surface area contributed by atoms with Crippen molar-refractivity contribution in [1.82, 2.24) is 0 Å². The molecule has 0 heterocycles. The van der Waals surface area contributed by atoms with Crippen LogP contribution in [-0.2, 0) is 4.79 Å². The van der Waals surface area contributed by atoms with E-state index in [9.17, 15) is 4.79 Å². The van der Waals surface area contributed by atoms with Gasteiger partial charge in [0.2, 0.25) is 0 Å². The van der Waals surface area contributed by atoms with Crippen LogP contribution in [-0.4, -0.2) is 5.78 Å². The molecule has 0 saturated carbocycles. The van der Waals surface area contributed by atoms with Crippen molar-refractivity contribution >= 4 is 21.7 Å². The van der Waals surface area contributed by atoms with Crippen LogP contribution < -0.4 is 4.74 Å². The summed E-state index contributed by atoms with van der Waals surface area (Å²) in [6.45, 7) is 1.54. The molecule has 0 aliphatic heterocycles. The molecule has 2 aromatic carbocycles. The van der Waals surface area contributed by atoms with Gasteiger partial charge in [0.25, 0.3) is 0 Å². The molecule has 2 rings (SSSR count). The van der Waals surface area contributed by atoms with Crippen molar-refractivity contribution in [2.45, 2.75) is 13.0 Å². The van der Waals surface area contributed by atoms with Crippen LogP contribution in [0.4, 0.5) is 0 Å². The van der Waals surface area contributed by atoms with Gasteiger partial charge in [-0.3, -0.25) is 4.79 Å². The summed E-state index contributed by atoms with van der Waals surface area (Å²) in [7, 11) is 0. The van der Waals surface area contributed by atoms with Crippen molar-refractivity contribution in [2.75, 3.05) is 0 Å². The highest BCUT2D eigenvalue weighted by Crippen LogP contribution is 2.24. The lowest BCUT2D eigenvalue weighted by Crippen LogP contribution is -2.15. The first kappa shape index (κ1) is 12.8. The quantitative estimate of drug-likeness (QED) is 0.848. The first-order valence-electron chi connectivity index (χ1n) is 5.64. The van der Waals surface area contributed by atoms with Crippen molar-refractivity contribution < 1.29 is 9.53 Å². The molecule has 0 radical (unpaired) electrons. The van der Waals surface area contributed by atoms with Gasteiger partial charge >= 0.3 is 0 Å². The second-order valence-corrected chi connectivity index (χ2v) is 4.89. The number of hydrogen-bond donors (Lipinski definition) is 0. The molecule has 0 fully saturated rings. The van der Waals surface area contributed by atoms with Crippen LogP contribution in [0.15, 0.2) is 59.1 Å². The fourth-order valence-corrected chi connectivity index (χ4v) is 1.93. The molecule has 2 aromatic rings. The van der Waals surface area contributed by atoms with Gasteiger partial charge in [-0.2, -0.15) is 0 Å². The first-order valence-corrected chi connectivity index (χ1v) is 6.44. The van der Waals surface area contributed by atoms with Crippen molar-refractivity contribution in [3.63, 3.8) is 0 Å². The van der Waals surface area contributed by atoms with E-state index in [0.717, 1.165) is 10.0 Å². The number of carbonyl (C=O) groups is 1. The summed E-state index contributed by atoms with van der Waals surface area (Å²) in [6, 6.07) is 16.9. The van der Waals surface area contributed by atoms with E-state index in [-0.39, 0.29) is 5.78 Å². The first-order chi connectivity index (χ1) is 8.66. The number of rotatable bonds is 4. The van der Waals surface area contributed by atoms with Crippen LogP contribution in [0.3, 0.4) is 0 Å². The third-order valence-corrected chi connectivity index (χ3v) is 3.07. The molecule has 0 aromatic heterocycles. The van der Waals surface area contributed by atoms with Crippen LogP contribution in [0.1, 0.15) is 18.6 Å². The molecule has 3 heteroatoms. The van der Waals surface area contributed by atoms with E-state index in [1.807, 2.05) is 54.6 Å². The fourth-order valence-electron chi connectivity index (χ4n) is 1.66. The number of ketones is 1. The van der Waals surface area contributed by atoms with E-state index >= 15 is 0 Å². The van der Waals surface area contributed by atoms with Crippen LogP contribution >= 0.6 is 15.9 Å². The van der Waals surface area contributed by atoms with Crippen LogP contribution in [0.25, 0.3) is 0 Å². The highest BCUT2D eigenvalue weighted by atomic mass is 79.9. The van der Waals surface area contributed by atoms with Gasteiger partial charge in [-0.25, -0.2) is 0 Å². The maximum atomic E-state index is 11.7. The lowest BCUT2D eigenvalue weighted by Gasteiger charge is -2.16. The maximum Gasteiger partial charge on any atom is 0.181 e. The Labute approximate surface area is 115 Å². The zero-order valence-corrected chi connectivity index (χ0v) is 11.6. The second-order valence-electron chi connectivity index (χ2n) is 3.97. The summed E-state index contributed by atoms with van der Waals surface area (Å²) < 4.78 is 6.73. The Morgan fingerprint density at radius 2 is 1.67 bits per heavy atom. The van der Waals surface area contributed by atoms with Gasteiger partial charge in [0.05, 0.1) is 0 Å². The number of Topliss-reactive ketones (excluding diaryl/α,β-unsaturated/α-hetero) is 1. The molecule has 0 aliphatic rings. The smallest absolute Gasteiger partial charge is 0.181 e. The Kier molecular flexibility index (Phi) is 4.15. The predicted molar refractivity (Wildman–Crippen MR) is 74.6 cm³/mol. The molecule has 0 saturated heterocycles. The predicted octanol–water partition coefficient (Wildman–Crippen LogP) is 4.16. The molecular formula is C15H13BrO2. The average molecular weight is 305 g/mol. The van der Waals surface area contributed by atoms with Crippen molar-refractivity contribution in [2.24, 2.45) is 0 Å². The monoisotopic (exact) mass is 304 g/mol. The Balaban J connectivity index is 2.22. The Bertz CT molecular complexity index is 520. The SMILES string of the molecule is CC(=O)C(Oc1ccc(Br)cc1)c1ccccc1. The van der Waals surface area contributed by atoms with Gasteiger partial charge in [-0.15, -0.1) is 0 Å². The zero-order valence-electron chi connectivity index (χ0n) is 9.97. The Morgan fingerprint density at radius 3 is 2.22 bits per heavy atom. The van der Waals surface area contributed by atoms with Gasteiger partial charge in [-0.1, -0.05) is 46.3 Å². The maximum absolute atomic E-state index is 11.7. The van der Waals surface area contributed by atoms with E-state index in [4.69, 9.17) is 4.74 Å². The molecule has 0 bridgehead atoms. The number of benzene rings is 2. The van der Waals surface area contributed by atoms with Gasteiger partial charge in [-0.05, 0) is 36.8 Å². The summed E-state index contributed by atoms with van der Waals surface area (Å²) in [6.07, 6.45) is -0.549. The lowest BCUT2D eigenvalue weighted by atomic mass is 10.1. The third-order valence-electron chi connectivity index (χ3n) is 2.54. The molecule has 1 atom stereocenters. The largest absolute Gasteiger partial charge is 0.478 e. The standard InChI is InChI=1S/C15H13BrO2/c1-11(17)15(12-5-3-2-4-6-12)18-14-9-7-13(16)8-10-14/h2-10,15H,1H3. The summed E-state index contributed by atoms with van der Waals surface area (Å²) in [5.74, 6) is 0.673. The highest BCUT2D eigenvalue weighted by Gasteiger charge is 2.18. The highest BCUT2D eigenvalue weighted by molar-refractivity contribution is 9.10. The van der Waals surface area contributed by atoms with Crippen LogP contribution in [0.5, 0.6) is 5.75 Å². The zero-order chi connectivity index (χ0) is 13.0. The molecule has 0 aliphatic carbocycles. The van der Waals surface area contributed by atoms with E-state index in [0.29, 0.717) is 5.75 Å². The molecule has 1 unspecified atom stereocenters. The van der Waals surface area contributed by atoms with Crippen LogP contribution in [0, 0.1) is 0 Å². The lowest BCUT2D eigenvalue weighted by molar-refractivity contribution is -0.123.